The van der Waals surface area contributed by atoms with Crippen LogP contribution in [0.15, 0.2) is 54.9 Å². The lowest BCUT2D eigenvalue weighted by Gasteiger charge is -2.21. The first kappa shape index (κ1) is 20.7. The third kappa shape index (κ3) is 3.78. The maximum absolute atomic E-state index is 10.4. The van der Waals surface area contributed by atoms with E-state index in [0.717, 1.165) is 26.1 Å². The first-order chi connectivity index (χ1) is 14.3. The average Bonchev–Trinajstić information content (AvgIpc) is 3.19. The Labute approximate surface area is 182 Å². The number of nitrogens with two attached hydrogens (primary N) is 2. The molecule has 8 heteroatoms. The van der Waals surface area contributed by atoms with Gasteiger partial charge in [0.1, 0.15) is 11.4 Å². The number of halogens is 1. The lowest BCUT2D eigenvalue weighted by atomic mass is 9.96. The fraction of sp³-hybridized carbons (Fsp3) is 0.182. The van der Waals surface area contributed by atoms with E-state index >= 15 is 0 Å². The van der Waals surface area contributed by atoms with E-state index in [1.54, 1.807) is 42.7 Å². The molecule has 1 aromatic carbocycles. The first-order valence-corrected chi connectivity index (χ1v) is 10.5. The maximum atomic E-state index is 10.4. The number of hydrogen-bond acceptors (Lipinski definition) is 7. The predicted molar refractivity (Wildman–Crippen MR) is 121 cm³/mol. The van der Waals surface area contributed by atoms with Gasteiger partial charge in [-0.25, -0.2) is 4.98 Å². The van der Waals surface area contributed by atoms with Gasteiger partial charge >= 0.3 is 0 Å². The summed E-state index contributed by atoms with van der Waals surface area (Å²) >= 11 is 7.85. The van der Waals surface area contributed by atoms with Crippen LogP contribution in [0.5, 0.6) is 0 Å². The van der Waals surface area contributed by atoms with Gasteiger partial charge in [-0.05, 0) is 47.7 Å². The highest BCUT2D eigenvalue weighted by molar-refractivity contribution is 7.19. The summed E-state index contributed by atoms with van der Waals surface area (Å²) in [5.41, 5.74) is 13.9. The molecule has 2 atom stereocenters. The summed E-state index contributed by atoms with van der Waals surface area (Å²) in [6.07, 6.45) is 3.14. The van der Waals surface area contributed by atoms with E-state index in [-0.39, 0.29) is 6.61 Å². The van der Waals surface area contributed by atoms with Crippen molar-refractivity contribution in [2.75, 3.05) is 12.3 Å². The smallest absolute Gasteiger partial charge is 0.123 e. The second kappa shape index (κ2) is 7.94. The van der Waals surface area contributed by atoms with E-state index in [9.17, 15) is 10.2 Å². The van der Waals surface area contributed by atoms with Crippen LogP contribution < -0.4 is 11.5 Å². The third-order valence-corrected chi connectivity index (χ3v) is 6.66. The average molecular weight is 441 g/mol. The van der Waals surface area contributed by atoms with Crippen LogP contribution >= 0.6 is 22.9 Å². The van der Waals surface area contributed by atoms with Crippen molar-refractivity contribution in [3.8, 4) is 11.3 Å². The minimum absolute atomic E-state index is 0.364. The molecule has 0 radical (unpaired) electrons. The van der Waals surface area contributed by atoms with E-state index < -0.39 is 11.6 Å². The minimum atomic E-state index is -1.34. The van der Waals surface area contributed by atoms with Crippen molar-refractivity contribution in [3.05, 3.63) is 75.9 Å². The zero-order valence-electron chi connectivity index (χ0n) is 16.2. The summed E-state index contributed by atoms with van der Waals surface area (Å²) in [5, 5.41) is 21.4. The lowest BCUT2D eigenvalue weighted by molar-refractivity contribution is -0.00230. The molecule has 30 heavy (non-hydrogen) atoms. The number of aromatic nitrogens is 2. The number of aliphatic hydroxyl groups is 2. The Kier molecular flexibility index (Phi) is 5.48. The van der Waals surface area contributed by atoms with Crippen LogP contribution in [0.3, 0.4) is 0 Å². The van der Waals surface area contributed by atoms with Crippen molar-refractivity contribution in [2.24, 2.45) is 5.73 Å². The quantitative estimate of drug-likeness (QED) is 0.374. The Morgan fingerprint density at radius 1 is 1.20 bits per heavy atom. The molecule has 0 amide bonds. The molecule has 6 nitrogen and oxygen atoms in total. The van der Waals surface area contributed by atoms with Gasteiger partial charge in [0, 0.05) is 27.5 Å². The van der Waals surface area contributed by atoms with Crippen LogP contribution in [0.25, 0.3) is 21.3 Å². The standard InChI is InChI=1S/C22H21ClN4O2S/c1-22(29,11-28)13-5-6-26-17(8-13)14-4-2-3-12-7-18(30-21(12)14)20(25)15-9-19(24)27-10-16(15)23/h2-10,20,28-29H,11,25H2,1H3,(H2,24,27). The van der Waals surface area contributed by atoms with Crippen LogP contribution in [0, 0.1) is 0 Å². The van der Waals surface area contributed by atoms with Gasteiger partial charge in [-0.1, -0.05) is 29.8 Å². The number of aliphatic hydroxyl groups excluding tert-OH is 1. The molecule has 3 aromatic heterocycles. The molecule has 4 aromatic rings. The molecule has 0 aliphatic heterocycles. The Bertz CT molecular complexity index is 1220. The van der Waals surface area contributed by atoms with Gasteiger partial charge in [0.2, 0.25) is 0 Å². The topological polar surface area (TPSA) is 118 Å². The number of rotatable bonds is 5. The predicted octanol–water partition coefficient (Wildman–Crippen LogP) is 3.84. The van der Waals surface area contributed by atoms with Gasteiger partial charge in [0.15, 0.2) is 0 Å². The number of thiophene rings is 1. The summed E-state index contributed by atoms with van der Waals surface area (Å²) in [5.74, 6) is 0.364. The van der Waals surface area contributed by atoms with Crippen molar-refractivity contribution in [3.63, 3.8) is 0 Å². The number of benzene rings is 1. The molecular weight excluding hydrogens is 420 g/mol. The zero-order chi connectivity index (χ0) is 21.5. The van der Waals surface area contributed by atoms with Crippen LogP contribution in [0.2, 0.25) is 5.02 Å². The normalized spacial score (nSPS) is 14.6. The summed E-state index contributed by atoms with van der Waals surface area (Å²) in [4.78, 5) is 9.41. The van der Waals surface area contributed by atoms with Gasteiger partial charge in [-0.15, -0.1) is 11.3 Å². The summed E-state index contributed by atoms with van der Waals surface area (Å²) in [6.45, 7) is 1.19. The molecule has 2 unspecified atom stereocenters. The number of anilines is 1. The van der Waals surface area contributed by atoms with Gasteiger partial charge in [-0.3, -0.25) is 4.98 Å². The first-order valence-electron chi connectivity index (χ1n) is 9.29. The van der Waals surface area contributed by atoms with Crippen LogP contribution in [0.1, 0.15) is 29.0 Å². The summed E-state index contributed by atoms with van der Waals surface area (Å²) in [6, 6.07) is 12.7. The minimum Gasteiger partial charge on any atom is -0.393 e. The van der Waals surface area contributed by atoms with Gasteiger partial charge < -0.3 is 21.7 Å². The fourth-order valence-corrected chi connectivity index (χ4v) is 4.73. The number of nitrogens with zero attached hydrogens (tertiary/aromatic N) is 2. The van der Waals surface area contributed by atoms with E-state index in [2.05, 4.69) is 9.97 Å². The zero-order valence-corrected chi connectivity index (χ0v) is 17.8. The highest BCUT2D eigenvalue weighted by atomic mass is 35.5. The molecule has 154 valence electrons. The van der Waals surface area contributed by atoms with Crippen LogP contribution in [0.4, 0.5) is 5.82 Å². The lowest BCUT2D eigenvalue weighted by Crippen LogP contribution is -2.25. The van der Waals surface area contributed by atoms with Crippen molar-refractivity contribution in [2.45, 2.75) is 18.6 Å². The highest BCUT2D eigenvalue weighted by Gasteiger charge is 2.23. The Hall–Kier alpha value is -2.55. The largest absolute Gasteiger partial charge is 0.393 e. The van der Waals surface area contributed by atoms with Crippen molar-refractivity contribution >= 4 is 38.8 Å². The Morgan fingerprint density at radius 2 is 2.00 bits per heavy atom. The van der Waals surface area contributed by atoms with Crippen molar-refractivity contribution < 1.29 is 10.2 Å². The second-order valence-corrected chi connectivity index (χ2v) is 8.83. The van der Waals surface area contributed by atoms with E-state index in [1.807, 2.05) is 24.3 Å². The van der Waals surface area contributed by atoms with Crippen molar-refractivity contribution in [1.29, 1.82) is 0 Å². The summed E-state index contributed by atoms with van der Waals surface area (Å²) < 4.78 is 1.02. The molecule has 0 aliphatic carbocycles. The third-order valence-electron chi connectivity index (χ3n) is 5.08. The van der Waals surface area contributed by atoms with Crippen LogP contribution in [-0.2, 0) is 5.60 Å². The van der Waals surface area contributed by atoms with Gasteiger partial charge in [0.05, 0.1) is 23.4 Å². The van der Waals surface area contributed by atoms with E-state index in [0.29, 0.717) is 22.1 Å². The molecule has 0 spiro atoms. The molecule has 3 heterocycles. The molecular formula is C22H21ClN4O2S. The maximum Gasteiger partial charge on any atom is 0.123 e. The van der Waals surface area contributed by atoms with E-state index in [4.69, 9.17) is 23.1 Å². The summed E-state index contributed by atoms with van der Waals surface area (Å²) in [7, 11) is 0. The number of nitrogen functional groups attached to an aromatic ring is 1. The molecule has 0 fully saturated rings. The van der Waals surface area contributed by atoms with Gasteiger partial charge in [0.25, 0.3) is 0 Å². The van der Waals surface area contributed by atoms with E-state index in [1.165, 1.54) is 6.20 Å². The fourth-order valence-electron chi connectivity index (χ4n) is 3.30. The molecule has 6 N–H and O–H groups in total. The number of hydrogen-bond donors (Lipinski definition) is 4. The van der Waals surface area contributed by atoms with Crippen LogP contribution in [-0.4, -0.2) is 26.8 Å². The Balaban J connectivity index is 1.80. The number of fused-ring (bicyclic) bond motifs is 1. The highest BCUT2D eigenvalue weighted by Crippen LogP contribution is 2.39. The molecule has 0 aliphatic rings. The number of pyridine rings is 2. The molecule has 4 rings (SSSR count). The monoisotopic (exact) mass is 440 g/mol. The Morgan fingerprint density at radius 3 is 2.77 bits per heavy atom. The van der Waals surface area contributed by atoms with Crippen molar-refractivity contribution in [1.82, 2.24) is 9.97 Å². The SMILES string of the molecule is CC(O)(CO)c1ccnc(-c2cccc3cc(C(N)c4cc(N)ncc4Cl)sc23)c1. The molecule has 0 saturated carbocycles. The molecule has 0 saturated heterocycles. The molecule has 0 bridgehead atoms. The second-order valence-electron chi connectivity index (χ2n) is 7.34. The van der Waals surface area contributed by atoms with Gasteiger partial charge in [-0.2, -0.15) is 0 Å².